The fraction of sp³-hybridized carbons (Fsp3) is 0.467. The molecular formula is C15H21BrN2O2. The second-order valence-electron chi connectivity index (χ2n) is 4.72. The molecule has 0 saturated heterocycles. The van der Waals surface area contributed by atoms with Gasteiger partial charge in [-0.3, -0.25) is 9.59 Å². The smallest absolute Gasteiger partial charge is 0.251 e. The van der Waals surface area contributed by atoms with Gasteiger partial charge in [-0.25, -0.2) is 0 Å². The summed E-state index contributed by atoms with van der Waals surface area (Å²) >= 11 is 3.33. The minimum atomic E-state index is -0.0976. The van der Waals surface area contributed by atoms with Gasteiger partial charge in [0.25, 0.3) is 5.91 Å². The fourth-order valence-electron chi connectivity index (χ4n) is 1.59. The van der Waals surface area contributed by atoms with Crippen LogP contribution in [-0.4, -0.2) is 24.9 Å². The van der Waals surface area contributed by atoms with E-state index in [4.69, 9.17) is 0 Å². The largest absolute Gasteiger partial charge is 0.356 e. The maximum absolute atomic E-state index is 11.8. The van der Waals surface area contributed by atoms with Crippen LogP contribution in [-0.2, 0) is 4.79 Å². The van der Waals surface area contributed by atoms with Gasteiger partial charge >= 0.3 is 0 Å². The quantitative estimate of drug-likeness (QED) is 0.750. The third-order valence-corrected chi connectivity index (χ3v) is 3.58. The second-order valence-corrected chi connectivity index (χ2v) is 5.64. The molecule has 2 amide bonds. The van der Waals surface area contributed by atoms with Crippen molar-refractivity contribution in [3.05, 3.63) is 34.3 Å². The number of hydrogen-bond acceptors (Lipinski definition) is 2. The van der Waals surface area contributed by atoms with Crippen molar-refractivity contribution in [2.75, 3.05) is 13.1 Å². The first-order valence-corrected chi connectivity index (χ1v) is 7.65. The fourth-order valence-corrected chi connectivity index (χ4v) is 1.99. The van der Waals surface area contributed by atoms with Gasteiger partial charge in [0.1, 0.15) is 0 Å². The summed E-state index contributed by atoms with van der Waals surface area (Å²) in [5.41, 5.74) is 0.628. The molecule has 4 nitrogen and oxygen atoms in total. The lowest BCUT2D eigenvalue weighted by Crippen LogP contribution is -2.32. The number of rotatable bonds is 7. The van der Waals surface area contributed by atoms with Crippen molar-refractivity contribution < 1.29 is 9.59 Å². The zero-order chi connectivity index (χ0) is 15.0. The summed E-state index contributed by atoms with van der Waals surface area (Å²) in [5.74, 6) is 0.0247. The van der Waals surface area contributed by atoms with Gasteiger partial charge in [-0.05, 0) is 31.0 Å². The topological polar surface area (TPSA) is 58.2 Å². The highest BCUT2D eigenvalue weighted by Crippen LogP contribution is 2.11. The van der Waals surface area contributed by atoms with E-state index in [-0.39, 0.29) is 17.7 Å². The van der Waals surface area contributed by atoms with E-state index in [0.717, 1.165) is 17.3 Å². The van der Waals surface area contributed by atoms with Crippen LogP contribution in [0.5, 0.6) is 0 Å². The van der Waals surface area contributed by atoms with Crippen LogP contribution >= 0.6 is 15.9 Å². The van der Waals surface area contributed by atoms with Gasteiger partial charge in [-0.1, -0.05) is 35.8 Å². The lowest BCUT2D eigenvalue weighted by molar-refractivity contribution is -0.124. The summed E-state index contributed by atoms with van der Waals surface area (Å²) in [6, 6.07) is 7.25. The Morgan fingerprint density at radius 1 is 1.25 bits per heavy atom. The Morgan fingerprint density at radius 2 is 1.95 bits per heavy atom. The second kappa shape index (κ2) is 8.74. The molecule has 1 atom stereocenters. The maximum Gasteiger partial charge on any atom is 0.251 e. The zero-order valence-corrected chi connectivity index (χ0v) is 13.5. The normalized spacial score (nSPS) is 11.8. The van der Waals surface area contributed by atoms with Crippen molar-refractivity contribution in [3.8, 4) is 0 Å². The molecule has 0 aliphatic carbocycles. The minimum absolute atomic E-state index is 0.0475. The molecule has 20 heavy (non-hydrogen) atoms. The number of carbonyl (C=O) groups is 2. The third kappa shape index (κ3) is 5.74. The van der Waals surface area contributed by atoms with Gasteiger partial charge in [0.15, 0.2) is 0 Å². The Hall–Kier alpha value is -1.36. The number of nitrogens with one attached hydrogen (secondary N) is 2. The first-order valence-electron chi connectivity index (χ1n) is 6.86. The summed E-state index contributed by atoms with van der Waals surface area (Å²) in [6.45, 7) is 5.03. The van der Waals surface area contributed by atoms with Gasteiger partial charge in [-0.2, -0.15) is 0 Å². The van der Waals surface area contributed by atoms with Crippen LogP contribution in [0.15, 0.2) is 28.7 Å². The number of benzene rings is 1. The SMILES string of the molecule is CCC(C)C(=O)NCCCNC(=O)c1cccc(Br)c1. The predicted octanol–water partition coefficient (Wildman–Crippen LogP) is 2.73. The number of carbonyl (C=O) groups excluding carboxylic acids is 2. The number of hydrogen-bond donors (Lipinski definition) is 2. The van der Waals surface area contributed by atoms with Gasteiger partial charge in [0, 0.05) is 29.0 Å². The standard InChI is InChI=1S/C15H21BrN2O2/c1-3-11(2)14(19)17-8-5-9-18-15(20)12-6-4-7-13(16)10-12/h4,6-7,10-11H,3,5,8-9H2,1-2H3,(H,17,19)(H,18,20). The van der Waals surface area contributed by atoms with E-state index in [1.165, 1.54) is 0 Å². The van der Waals surface area contributed by atoms with Crippen LogP contribution in [0.2, 0.25) is 0 Å². The summed E-state index contributed by atoms with van der Waals surface area (Å²) in [5, 5.41) is 5.69. The average molecular weight is 341 g/mol. The Morgan fingerprint density at radius 3 is 2.60 bits per heavy atom. The highest BCUT2D eigenvalue weighted by Gasteiger charge is 2.09. The molecule has 0 aliphatic heterocycles. The zero-order valence-electron chi connectivity index (χ0n) is 11.9. The van der Waals surface area contributed by atoms with E-state index in [0.29, 0.717) is 18.7 Å². The van der Waals surface area contributed by atoms with E-state index in [9.17, 15) is 9.59 Å². The molecule has 0 fully saturated rings. The molecular weight excluding hydrogens is 320 g/mol. The summed E-state index contributed by atoms with van der Waals surface area (Å²) in [4.78, 5) is 23.4. The lowest BCUT2D eigenvalue weighted by atomic mass is 10.1. The summed E-state index contributed by atoms with van der Waals surface area (Å²) in [7, 11) is 0. The van der Waals surface area contributed by atoms with Crippen molar-refractivity contribution >= 4 is 27.7 Å². The predicted molar refractivity (Wildman–Crippen MR) is 83.6 cm³/mol. The summed E-state index contributed by atoms with van der Waals surface area (Å²) in [6.07, 6.45) is 1.56. The van der Waals surface area contributed by atoms with Gasteiger partial charge < -0.3 is 10.6 Å². The molecule has 5 heteroatoms. The molecule has 0 saturated carbocycles. The Balaban J connectivity index is 2.21. The van der Waals surface area contributed by atoms with Crippen LogP contribution in [0.1, 0.15) is 37.0 Å². The Kier molecular flexibility index (Phi) is 7.30. The molecule has 1 aromatic rings. The van der Waals surface area contributed by atoms with Crippen LogP contribution in [0.25, 0.3) is 0 Å². The van der Waals surface area contributed by atoms with Crippen LogP contribution in [0.4, 0.5) is 0 Å². The van der Waals surface area contributed by atoms with E-state index >= 15 is 0 Å². The van der Waals surface area contributed by atoms with Crippen LogP contribution in [0, 0.1) is 5.92 Å². The van der Waals surface area contributed by atoms with Crippen LogP contribution < -0.4 is 10.6 Å². The molecule has 0 aliphatic rings. The van der Waals surface area contributed by atoms with E-state index in [2.05, 4.69) is 26.6 Å². The molecule has 1 unspecified atom stereocenters. The van der Waals surface area contributed by atoms with Crippen molar-refractivity contribution in [1.29, 1.82) is 0 Å². The van der Waals surface area contributed by atoms with Gasteiger partial charge in [0.05, 0.1) is 0 Å². The maximum atomic E-state index is 11.8. The molecule has 0 radical (unpaired) electrons. The highest BCUT2D eigenvalue weighted by molar-refractivity contribution is 9.10. The van der Waals surface area contributed by atoms with Crippen molar-refractivity contribution in [2.45, 2.75) is 26.7 Å². The lowest BCUT2D eigenvalue weighted by Gasteiger charge is -2.10. The van der Waals surface area contributed by atoms with Crippen LogP contribution in [0.3, 0.4) is 0 Å². The van der Waals surface area contributed by atoms with E-state index in [1.807, 2.05) is 26.0 Å². The molecule has 1 rings (SSSR count). The van der Waals surface area contributed by atoms with Crippen molar-refractivity contribution in [1.82, 2.24) is 10.6 Å². The minimum Gasteiger partial charge on any atom is -0.356 e. The molecule has 0 spiro atoms. The van der Waals surface area contributed by atoms with Gasteiger partial charge in [0.2, 0.25) is 5.91 Å². The average Bonchev–Trinajstić information content (AvgIpc) is 2.45. The van der Waals surface area contributed by atoms with Crippen molar-refractivity contribution in [3.63, 3.8) is 0 Å². The first kappa shape index (κ1) is 16.7. The molecule has 1 aromatic carbocycles. The van der Waals surface area contributed by atoms with Gasteiger partial charge in [-0.15, -0.1) is 0 Å². The third-order valence-electron chi connectivity index (χ3n) is 3.09. The van der Waals surface area contributed by atoms with Crippen molar-refractivity contribution in [2.24, 2.45) is 5.92 Å². The molecule has 0 aromatic heterocycles. The van der Waals surface area contributed by atoms with E-state index in [1.54, 1.807) is 12.1 Å². The highest BCUT2D eigenvalue weighted by atomic mass is 79.9. The Bertz CT molecular complexity index is 463. The molecule has 110 valence electrons. The Labute approximate surface area is 128 Å². The number of halogens is 1. The molecule has 2 N–H and O–H groups in total. The first-order chi connectivity index (χ1) is 9.54. The molecule has 0 bridgehead atoms. The molecule has 0 heterocycles. The number of amides is 2. The summed E-state index contributed by atoms with van der Waals surface area (Å²) < 4.78 is 0.881. The van der Waals surface area contributed by atoms with E-state index < -0.39 is 0 Å². The monoisotopic (exact) mass is 340 g/mol.